The van der Waals surface area contributed by atoms with Gasteiger partial charge in [-0.2, -0.15) is 0 Å². The highest BCUT2D eigenvalue weighted by atomic mass is 32.2. The molecule has 0 radical (unpaired) electrons. The molecule has 0 saturated carbocycles. The lowest BCUT2D eigenvalue weighted by atomic mass is 10.2. The zero-order valence-corrected chi connectivity index (χ0v) is 15.7. The Morgan fingerprint density at radius 2 is 1.32 bits per heavy atom. The minimum atomic E-state index is -3.63. The number of sulfone groups is 1. The van der Waals surface area contributed by atoms with Crippen LogP contribution in [0, 0.1) is 0 Å². The normalized spacial score (nSPS) is 11.9. The summed E-state index contributed by atoms with van der Waals surface area (Å²) in [7, 11) is -3.63. The van der Waals surface area contributed by atoms with Crippen molar-refractivity contribution in [2.45, 2.75) is 9.79 Å². The molecule has 2 aromatic heterocycles. The predicted molar refractivity (Wildman–Crippen MR) is 110 cm³/mol. The highest BCUT2D eigenvalue weighted by Gasteiger charge is 2.19. The standard InChI is InChI=1S/C23H16N2O2S/c26-28(27,19-9-6-14-24-16-19)18-8-5-7-17(15-18)25-22-12-3-1-10-20(22)21-11-2-4-13-23(21)25/h1-16H. The minimum absolute atomic E-state index is 0.189. The van der Waals surface area contributed by atoms with Gasteiger partial charge in [-0.1, -0.05) is 42.5 Å². The number of pyridine rings is 1. The first-order valence-corrected chi connectivity index (χ1v) is 10.4. The Hall–Kier alpha value is -3.44. The molecule has 3 aromatic carbocycles. The van der Waals surface area contributed by atoms with E-state index in [2.05, 4.69) is 33.8 Å². The van der Waals surface area contributed by atoms with Gasteiger partial charge >= 0.3 is 0 Å². The third-order valence-corrected chi connectivity index (χ3v) is 6.65. The smallest absolute Gasteiger partial charge is 0.208 e. The van der Waals surface area contributed by atoms with E-state index in [-0.39, 0.29) is 9.79 Å². The van der Waals surface area contributed by atoms with Gasteiger partial charge in [0.15, 0.2) is 0 Å². The van der Waals surface area contributed by atoms with E-state index in [4.69, 9.17) is 0 Å². The van der Waals surface area contributed by atoms with Crippen LogP contribution in [0.15, 0.2) is 107 Å². The molecule has 0 spiro atoms. The van der Waals surface area contributed by atoms with E-state index in [1.54, 1.807) is 36.5 Å². The van der Waals surface area contributed by atoms with Crippen LogP contribution in [0.2, 0.25) is 0 Å². The number of nitrogens with zero attached hydrogens (tertiary/aromatic N) is 2. The largest absolute Gasteiger partial charge is 0.309 e. The summed E-state index contributed by atoms with van der Waals surface area (Å²) in [6.07, 6.45) is 2.94. The van der Waals surface area contributed by atoms with Crippen LogP contribution in [0.25, 0.3) is 27.5 Å². The van der Waals surface area contributed by atoms with Crippen LogP contribution in [-0.4, -0.2) is 18.0 Å². The Morgan fingerprint density at radius 3 is 1.96 bits per heavy atom. The van der Waals surface area contributed by atoms with Gasteiger partial charge in [0, 0.05) is 28.9 Å². The summed E-state index contributed by atoms with van der Waals surface area (Å²) in [5, 5.41) is 2.28. The molecule has 0 amide bonds. The van der Waals surface area contributed by atoms with E-state index in [0.717, 1.165) is 27.5 Å². The molecule has 28 heavy (non-hydrogen) atoms. The van der Waals surface area contributed by atoms with Gasteiger partial charge < -0.3 is 4.57 Å². The van der Waals surface area contributed by atoms with Gasteiger partial charge in [0.05, 0.1) is 20.8 Å². The quantitative estimate of drug-likeness (QED) is 0.439. The van der Waals surface area contributed by atoms with E-state index in [1.807, 2.05) is 30.3 Å². The Balaban J connectivity index is 1.77. The van der Waals surface area contributed by atoms with Crippen molar-refractivity contribution in [1.29, 1.82) is 0 Å². The average Bonchev–Trinajstić information content (AvgIpc) is 3.09. The number of aromatic nitrogens is 2. The molecule has 5 aromatic rings. The summed E-state index contributed by atoms with van der Waals surface area (Å²) in [6.45, 7) is 0. The molecule has 5 heteroatoms. The lowest BCUT2D eigenvalue weighted by molar-refractivity contribution is 0.595. The number of benzene rings is 3. The fourth-order valence-corrected chi connectivity index (χ4v) is 4.90. The molecule has 0 unspecified atom stereocenters. The zero-order chi connectivity index (χ0) is 19.1. The van der Waals surface area contributed by atoms with Gasteiger partial charge in [0.25, 0.3) is 0 Å². The summed E-state index contributed by atoms with van der Waals surface area (Å²) < 4.78 is 28.2. The SMILES string of the molecule is O=S(=O)(c1cccnc1)c1cccc(-n2c3ccccc3c3ccccc32)c1. The summed E-state index contributed by atoms with van der Waals surface area (Å²) in [5.74, 6) is 0. The second-order valence-electron chi connectivity index (χ2n) is 6.56. The van der Waals surface area contributed by atoms with Crippen molar-refractivity contribution >= 4 is 31.6 Å². The molecule has 0 aliphatic heterocycles. The Labute approximate surface area is 162 Å². The van der Waals surface area contributed by atoms with Crippen molar-refractivity contribution in [3.05, 3.63) is 97.3 Å². The molecule has 0 saturated heterocycles. The molecule has 2 heterocycles. The van der Waals surface area contributed by atoms with Gasteiger partial charge in [-0.15, -0.1) is 0 Å². The highest BCUT2D eigenvalue weighted by molar-refractivity contribution is 7.91. The third-order valence-electron chi connectivity index (χ3n) is 4.91. The fourth-order valence-electron chi connectivity index (χ4n) is 3.63. The molecule has 0 aliphatic rings. The van der Waals surface area contributed by atoms with Gasteiger partial charge in [0.2, 0.25) is 9.84 Å². The first-order valence-electron chi connectivity index (χ1n) is 8.90. The maximum atomic E-state index is 13.0. The van der Waals surface area contributed by atoms with Crippen molar-refractivity contribution in [1.82, 2.24) is 9.55 Å². The van der Waals surface area contributed by atoms with E-state index in [9.17, 15) is 8.42 Å². The molecule has 5 rings (SSSR count). The number of hydrogen-bond donors (Lipinski definition) is 0. The van der Waals surface area contributed by atoms with Gasteiger partial charge in [-0.25, -0.2) is 8.42 Å². The number of hydrogen-bond acceptors (Lipinski definition) is 3. The summed E-state index contributed by atoms with van der Waals surface area (Å²) >= 11 is 0. The fraction of sp³-hybridized carbons (Fsp3) is 0. The van der Waals surface area contributed by atoms with Crippen LogP contribution in [0.1, 0.15) is 0 Å². The zero-order valence-electron chi connectivity index (χ0n) is 14.9. The van der Waals surface area contributed by atoms with Crippen LogP contribution in [-0.2, 0) is 9.84 Å². The first-order chi connectivity index (χ1) is 13.7. The summed E-state index contributed by atoms with van der Waals surface area (Å²) in [6, 6.07) is 26.6. The van der Waals surface area contributed by atoms with Gasteiger partial charge in [0.1, 0.15) is 0 Å². The monoisotopic (exact) mass is 384 g/mol. The topological polar surface area (TPSA) is 52.0 Å². The summed E-state index contributed by atoms with van der Waals surface area (Å²) in [5.41, 5.74) is 2.89. The maximum absolute atomic E-state index is 13.0. The number of fused-ring (bicyclic) bond motifs is 3. The van der Waals surface area contributed by atoms with Gasteiger partial charge in [-0.3, -0.25) is 4.98 Å². The highest BCUT2D eigenvalue weighted by Crippen LogP contribution is 2.32. The summed E-state index contributed by atoms with van der Waals surface area (Å²) in [4.78, 5) is 4.39. The molecule has 0 bridgehead atoms. The maximum Gasteiger partial charge on any atom is 0.208 e. The second kappa shape index (κ2) is 6.32. The lowest BCUT2D eigenvalue weighted by Crippen LogP contribution is -2.04. The van der Waals surface area contributed by atoms with Crippen molar-refractivity contribution in [3.63, 3.8) is 0 Å². The second-order valence-corrected chi connectivity index (χ2v) is 8.51. The van der Waals surface area contributed by atoms with E-state index < -0.39 is 9.84 Å². The Kier molecular flexibility index (Phi) is 3.77. The van der Waals surface area contributed by atoms with Crippen molar-refractivity contribution in [3.8, 4) is 5.69 Å². The van der Waals surface area contributed by atoms with Crippen LogP contribution in [0.4, 0.5) is 0 Å². The van der Waals surface area contributed by atoms with Crippen LogP contribution >= 0.6 is 0 Å². The van der Waals surface area contributed by atoms with E-state index in [0.29, 0.717) is 0 Å². The molecule has 0 N–H and O–H groups in total. The third kappa shape index (κ3) is 2.52. The van der Waals surface area contributed by atoms with Crippen molar-refractivity contribution in [2.24, 2.45) is 0 Å². The predicted octanol–water partition coefficient (Wildman–Crippen LogP) is 5.01. The molecular weight excluding hydrogens is 368 g/mol. The van der Waals surface area contributed by atoms with E-state index in [1.165, 1.54) is 6.20 Å². The Morgan fingerprint density at radius 1 is 0.679 bits per heavy atom. The molecule has 0 aliphatic carbocycles. The van der Waals surface area contributed by atoms with Crippen LogP contribution in [0.3, 0.4) is 0 Å². The molecule has 0 fully saturated rings. The first kappa shape index (κ1) is 16.7. The number of para-hydroxylation sites is 2. The van der Waals surface area contributed by atoms with Crippen molar-refractivity contribution in [2.75, 3.05) is 0 Å². The molecular formula is C23H16N2O2S. The average molecular weight is 384 g/mol. The lowest BCUT2D eigenvalue weighted by Gasteiger charge is -2.10. The molecule has 136 valence electrons. The van der Waals surface area contributed by atoms with Crippen molar-refractivity contribution < 1.29 is 8.42 Å². The molecule has 0 atom stereocenters. The Bertz CT molecular complexity index is 1370. The number of rotatable bonds is 3. The van der Waals surface area contributed by atoms with Crippen LogP contribution in [0.5, 0.6) is 0 Å². The van der Waals surface area contributed by atoms with Gasteiger partial charge in [-0.05, 0) is 42.5 Å². The molecule has 4 nitrogen and oxygen atoms in total. The van der Waals surface area contributed by atoms with Crippen LogP contribution < -0.4 is 0 Å². The minimum Gasteiger partial charge on any atom is -0.309 e. The van der Waals surface area contributed by atoms with E-state index >= 15 is 0 Å².